The van der Waals surface area contributed by atoms with E-state index in [0.717, 1.165) is 0 Å². The van der Waals surface area contributed by atoms with Crippen molar-refractivity contribution in [1.82, 2.24) is 20.2 Å². The van der Waals surface area contributed by atoms with Crippen molar-refractivity contribution in [3.05, 3.63) is 31.2 Å². The van der Waals surface area contributed by atoms with Gasteiger partial charge in [-0.15, -0.1) is 0 Å². The predicted octanol–water partition coefficient (Wildman–Crippen LogP) is 2.32. The van der Waals surface area contributed by atoms with E-state index in [9.17, 15) is 9.59 Å². The number of benzene rings is 1. The number of carbonyl (C=O) groups is 1. The summed E-state index contributed by atoms with van der Waals surface area (Å²) < 4.78 is 6.28. The van der Waals surface area contributed by atoms with Gasteiger partial charge in [0.15, 0.2) is 5.75 Å². The van der Waals surface area contributed by atoms with Crippen LogP contribution in [-0.4, -0.2) is 58.4 Å². The highest BCUT2D eigenvalue weighted by Gasteiger charge is 2.24. The van der Waals surface area contributed by atoms with Gasteiger partial charge >= 0.3 is 6.09 Å². The molecule has 1 aliphatic heterocycles. The maximum absolute atomic E-state index is 12.2. The highest BCUT2D eigenvalue weighted by atomic mass is 79.9. The molecule has 11 heteroatoms. The van der Waals surface area contributed by atoms with Gasteiger partial charge in [-0.2, -0.15) is 0 Å². The fourth-order valence-electron chi connectivity index (χ4n) is 2.62. The van der Waals surface area contributed by atoms with Crippen molar-refractivity contribution in [2.75, 3.05) is 26.2 Å². The Labute approximate surface area is 160 Å². The van der Waals surface area contributed by atoms with Gasteiger partial charge < -0.3 is 20.1 Å². The lowest BCUT2D eigenvalue weighted by Gasteiger charge is -2.31. The second-order valence-corrected chi connectivity index (χ2v) is 7.03. The van der Waals surface area contributed by atoms with Crippen molar-refractivity contribution in [2.24, 2.45) is 0 Å². The van der Waals surface area contributed by atoms with Crippen molar-refractivity contribution in [1.29, 1.82) is 0 Å². The number of H-pyrrole nitrogens is 1. The van der Waals surface area contributed by atoms with Gasteiger partial charge in [0.25, 0.3) is 5.56 Å². The zero-order valence-corrected chi connectivity index (χ0v) is 15.8. The molecule has 134 valence electrons. The predicted molar refractivity (Wildman–Crippen MR) is 97.0 cm³/mol. The van der Waals surface area contributed by atoms with Crippen molar-refractivity contribution in [2.45, 2.75) is 6.04 Å². The van der Waals surface area contributed by atoms with E-state index in [2.05, 4.69) is 31.2 Å². The molecular weight excluding hydrogens is 439 g/mol. The number of piperazine rings is 1. The number of carboxylic acid groups (broad SMARTS) is 1. The SMILES string of the molecule is O=C(O)N1CCNC(COc2c(Cl)c(Br)cc3nc(Cl)[nH]c(=O)c23)C1. The Balaban J connectivity index is 1.89. The van der Waals surface area contributed by atoms with Gasteiger partial charge in [0, 0.05) is 24.1 Å². The van der Waals surface area contributed by atoms with E-state index < -0.39 is 11.7 Å². The van der Waals surface area contributed by atoms with Gasteiger partial charge in [-0.3, -0.25) is 9.78 Å². The van der Waals surface area contributed by atoms with Gasteiger partial charge in [0.2, 0.25) is 5.28 Å². The van der Waals surface area contributed by atoms with Crippen LogP contribution in [0.4, 0.5) is 4.79 Å². The van der Waals surface area contributed by atoms with E-state index in [1.165, 1.54) is 4.90 Å². The molecule has 25 heavy (non-hydrogen) atoms. The number of aromatic amines is 1. The normalized spacial score (nSPS) is 17.7. The van der Waals surface area contributed by atoms with E-state index in [1.54, 1.807) is 6.07 Å². The third-order valence-electron chi connectivity index (χ3n) is 3.77. The summed E-state index contributed by atoms with van der Waals surface area (Å²) in [7, 11) is 0. The van der Waals surface area contributed by atoms with Crippen molar-refractivity contribution in [3.8, 4) is 5.75 Å². The zero-order valence-electron chi connectivity index (χ0n) is 12.7. The van der Waals surface area contributed by atoms with Gasteiger partial charge in [0.05, 0.1) is 16.6 Å². The number of aromatic nitrogens is 2. The second-order valence-electron chi connectivity index (χ2n) is 5.44. The van der Waals surface area contributed by atoms with Gasteiger partial charge in [0.1, 0.15) is 12.0 Å². The molecule has 1 fully saturated rings. The van der Waals surface area contributed by atoms with Crippen molar-refractivity contribution < 1.29 is 14.6 Å². The van der Waals surface area contributed by atoms with E-state index in [-0.39, 0.29) is 40.6 Å². The lowest BCUT2D eigenvalue weighted by Crippen LogP contribution is -2.54. The first-order valence-corrected chi connectivity index (χ1v) is 8.83. The molecule has 1 aromatic heterocycles. The molecule has 1 saturated heterocycles. The lowest BCUT2D eigenvalue weighted by atomic mass is 10.2. The first-order valence-electron chi connectivity index (χ1n) is 7.28. The highest BCUT2D eigenvalue weighted by Crippen LogP contribution is 2.37. The van der Waals surface area contributed by atoms with Crippen molar-refractivity contribution >= 4 is 56.1 Å². The van der Waals surface area contributed by atoms with E-state index in [1.807, 2.05) is 0 Å². The van der Waals surface area contributed by atoms with Crippen LogP contribution in [-0.2, 0) is 0 Å². The molecule has 0 bridgehead atoms. The molecule has 1 unspecified atom stereocenters. The first kappa shape index (κ1) is 18.2. The fourth-order valence-corrected chi connectivity index (χ4v) is 3.40. The summed E-state index contributed by atoms with van der Waals surface area (Å²) in [5, 5.41) is 12.6. The molecule has 1 amide bonds. The number of hydrogen-bond acceptors (Lipinski definition) is 5. The van der Waals surface area contributed by atoms with Gasteiger partial charge in [-0.1, -0.05) is 11.6 Å². The van der Waals surface area contributed by atoms with E-state index in [4.69, 9.17) is 33.0 Å². The molecule has 0 radical (unpaired) electrons. The Morgan fingerprint density at radius 1 is 1.52 bits per heavy atom. The topological polar surface area (TPSA) is 108 Å². The average molecular weight is 452 g/mol. The quantitative estimate of drug-likeness (QED) is 0.618. The molecule has 2 aromatic rings. The van der Waals surface area contributed by atoms with Crippen LogP contribution in [0.5, 0.6) is 5.75 Å². The summed E-state index contributed by atoms with van der Waals surface area (Å²) in [6.45, 7) is 1.34. The summed E-state index contributed by atoms with van der Waals surface area (Å²) in [6.07, 6.45) is -0.979. The Morgan fingerprint density at radius 3 is 3.00 bits per heavy atom. The Morgan fingerprint density at radius 2 is 2.28 bits per heavy atom. The van der Waals surface area contributed by atoms with E-state index >= 15 is 0 Å². The number of rotatable bonds is 3. The summed E-state index contributed by atoms with van der Waals surface area (Å²) in [5.41, 5.74) is -0.132. The van der Waals surface area contributed by atoms with Gasteiger partial charge in [-0.05, 0) is 33.6 Å². The number of fused-ring (bicyclic) bond motifs is 1. The Kier molecular flexibility index (Phi) is 5.38. The van der Waals surface area contributed by atoms with Crippen LogP contribution in [0, 0.1) is 0 Å². The molecule has 3 N–H and O–H groups in total. The maximum atomic E-state index is 12.2. The summed E-state index contributed by atoms with van der Waals surface area (Å²) in [6, 6.07) is 1.35. The molecule has 1 atom stereocenters. The smallest absolute Gasteiger partial charge is 0.407 e. The van der Waals surface area contributed by atoms with Gasteiger partial charge in [-0.25, -0.2) is 9.78 Å². The van der Waals surface area contributed by atoms with Crippen LogP contribution in [0.25, 0.3) is 10.9 Å². The molecule has 0 spiro atoms. The molecule has 8 nitrogen and oxygen atoms in total. The zero-order chi connectivity index (χ0) is 18.1. The fraction of sp³-hybridized carbons (Fsp3) is 0.357. The third kappa shape index (κ3) is 3.84. The average Bonchev–Trinajstić information content (AvgIpc) is 2.55. The van der Waals surface area contributed by atoms with Crippen LogP contribution in [0.15, 0.2) is 15.3 Å². The summed E-state index contributed by atoms with van der Waals surface area (Å²) >= 11 is 15.4. The number of hydrogen-bond donors (Lipinski definition) is 3. The summed E-state index contributed by atoms with van der Waals surface area (Å²) in [5.74, 6) is 0.172. The van der Waals surface area contributed by atoms with Crippen LogP contribution in [0.2, 0.25) is 10.3 Å². The molecule has 0 saturated carbocycles. The van der Waals surface area contributed by atoms with Crippen LogP contribution < -0.4 is 15.6 Å². The molecule has 3 rings (SSSR count). The monoisotopic (exact) mass is 450 g/mol. The lowest BCUT2D eigenvalue weighted by molar-refractivity contribution is 0.118. The van der Waals surface area contributed by atoms with E-state index in [0.29, 0.717) is 23.1 Å². The largest absolute Gasteiger partial charge is 0.489 e. The van der Waals surface area contributed by atoms with Crippen LogP contribution in [0.1, 0.15) is 0 Å². The minimum Gasteiger partial charge on any atom is -0.489 e. The molecule has 0 aliphatic carbocycles. The highest BCUT2D eigenvalue weighted by molar-refractivity contribution is 9.10. The third-order valence-corrected chi connectivity index (χ3v) is 5.18. The van der Waals surface area contributed by atoms with Crippen LogP contribution in [0.3, 0.4) is 0 Å². The number of amides is 1. The maximum Gasteiger partial charge on any atom is 0.407 e. The summed E-state index contributed by atoms with van der Waals surface area (Å²) in [4.78, 5) is 31.1. The van der Waals surface area contributed by atoms with Crippen LogP contribution >= 0.6 is 39.1 Å². The number of halogens is 3. The second kappa shape index (κ2) is 7.36. The molecular formula is C14H13BrCl2N4O4. The standard InChI is InChI=1S/C14H13BrCl2N4O4/c15-7-3-8-9(12(22)20-13(17)19-8)11(10(7)16)25-5-6-4-21(14(23)24)2-1-18-6/h3,6,18H,1-2,4-5H2,(H,23,24)(H,19,20,22). The molecule has 2 heterocycles. The number of nitrogens with zero attached hydrogens (tertiary/aromatic N) is 2. The Hall–Kier alpha value is -1.55. The number of ether oxygens (including phenoxy) is 1. The minimum absolute atomic E-state index is 0.0382. The number of nitrogens with one attached hydrogen (secondary N) is 2. The Bertz CT molecular complexity index is 891. The minimum atomic E-state index is -0.979. The van der Waals surface area contributed by atoms with Crippen molar-refractivity contribution in [3.63, 3.8) is 0 Å². The molecule has 1 aromatic carbocycles. The first-order chi connectivity index (χ1) is 11.9. The molecule has 1 aliphatic rings.